The number of rotatable bonds is 8. The molecule has 0 saturated carbocycles. The Kier molecular flexibility index (Phi) is 6.51. The lowest BCUT2D eigenvalue weighted by molar-refractivity contribution is -0.121. The highest BCUT2D eigenvalue weighted by atomic mass is 16.4. The van der Waals surface area contributed by atoms with Gasteiger partial charge in [0.2, 0.25) is 5.91 Å². The molecule has 0 spiro atoms. The number of aryl methyl sites for hydroxylation is 2. The SMILES string of the molecule is Cc1nc(CCC(=O)NCCNC(=O)c2cccnc2)oc1-c1ccccc1. The molecule has 7 heteroatoms. The second kappa shape index (κ2) is 9.45. The summed E-state index contributed by atoms with van der Waals surface area (Å²) in [5.74, 6) is 0.935. The van der Waals surface area contributed by atoms with Crippen LogP contribution in [0.15, 0.2) is 59.3 Å². The molecule has 1 aromatic carbocycles. The minimum atomic E-state index is -0.217. The smallest absolute Gasteiger partial charge is 0.252 e. The first-order valence-corrected chi connectivity index (χ1v) is 9.10. The number of carbonyl (C=O) groups excluding carboxylic acids is 2. The van der Waals surface area contributed by atoms with Gasteiger partial charge in [0.15, 0.2) is 11.7 Å². The first-order chi connectivity index (χ1) is 13.6. The number of hydrogen-bond acceptors (Lipinski definition) is 5. The van der Waals surface area contributed by atoms with Crippen molar-refractivity contribution in [1.82, 2.24) is 20.6 Å². The van der Waals surface area contributed by atoms with Gasteiger partial charge in [0.1, 0.15) is 0 Å². The van der Waals surface area contributed by atoms with Crippen molar-refractivity contribution in [3.05, 3.63) is 72.0 Å². The maximum atomic E-state index is 12.0. The molecule has 0 bridgehead atoms. The average molecular weight is 378 g/mol. The van der Waals surface area contributed by atoms with Gasteiger partial charge < -0.3 is 15.1 Å². The van der Waals surface area contributed by atoms with E-state index in [0.29, 0.717) is 31.0 Å². The second-order valence-electron chi connectivity index (χ2n) is 6.24. The van der Waals surface area contributed by atoms with E-state index in [9.17, 15) is 9.59 Å². The molecule has 0 aliphatic carbocycles. The van der Waals surface area contributed by atoms with E-state index in [1.807, 2.05) is 37.3 Å². The van der Waals surface area contributed by atoms with Gasteiger partial charge in [-0.2, -0.15) is 0 Å². The molecule has 0 atom stereocenters. The van der Waals surface area contributed by atoms with Crippen molar-refractivity contribution in [2.45, 2.75) is 19.8 Å². The van der Waals surface area contributed by atoms with Crippen molar-refractivity contribution in [1.29, 1.82) is 0 Å². The number of hydrogen-bond donors (Lipinski definition) is 2. The fourth-order valence-electron chi connectivity index (χ4n) is 2.70. The van der Waals surface area contributed by atoms with E-state index in [0.717, 1.165) is 17.0 Å². The van der Waals surface area contributed by atoms with Crippen molar-refractivity contribution < 1.29 is 14.0 Å². The van der Waals surface area contributed by atoms with Gasteiger partial charge in [0, 0.05) is 43.9 Å². The van der Waals surface area contributed by atoms with Crippen molar-refractivity contribution in [3.63, 3.8) is 0 Å². The van der Waals surface area contributed by atoms with Gasteiger partial charge in [0.25, 0.3) is 5.91 Å². The van der Waals surface area contributed by atoms with E-state index in [2.05, 4.69) is 20.6 Å². The molecule has 0 aliphatic heterocycles. The van der Waals surface area contributed by atoms with Crippen molar-refractivity contribution in [2.75, 3.05) is 13.1 Å². The van der Waals surface area contributed by atoms with Crippen LogP contribution in [0.2, 0.25) is 0 Å². The quantitative estimate of drug-likeness (QED) is 0.587. The highest BCUT2D eigenvalue weighted by Gasteiger charge is 2.13. The average Bonchev–Trinajstić information content (AvgIpc) is 3.11. The van der Waals surface area contributed by atoms with Crippen LogP contribution in [0.1, 0.15) is 28.4 Å². The fourth-order valence-corrected chi connectivity index (χ4v) is 2.70. The Morgan fingerprint density at radius 3 is 2.57 bits per heavy atom. The van der Waals surface area contributed by atoms with E-state index in [1.54, 1.807) is 18.3 Å². The van der Waals surface area contributed by atoms with E-state index < -0.39 is 0 Å². The normalized spacial score (nSPS) is 10.5. The Bertz CT molecular complexity index is 923. The molecule has 7 nitrogen and oxygen atoms in total. The predicted molar refractivity (Wildman–Crippen MR) is 105 cm³/mol. The van der Waals surface area contributed by atoms with Gasteiger partial charge in [-0.05, 0) is 19.1 Å². The standard InChI is InChI=1S/C21H22N4O3/c1-15-20(16-6-3-2-4-7-16)28-19(25-15)10-9-18(26)23-12-13-24-21(27)17-8-5-11-22-14-17/h2-8,11,14H,9-10,12-13H2,1H3,(H,23,26)(H,24,27). The number of aromatic nitrogens is 2. The van der Waals surface area contributed by atoms with Crippen LogP contribution in [0.25, 0.3) is 11.3 Å². The van der Waals surface area contributed by atoms with E-state index in [-0.39, 0.29) is 18.2 Å². The molecule has 144 valence electrons. The number of carbonyl (C=O) groups is 2. The Morgan fingerprint density at radius 2 is 1.82 bits per heavy atom. The zero-order valence-corrected chi connectivity index (χ0v) is 15.6. The summed E-state index contributed by atoms with van der Waals surface area (Å²) in [4.78, 5) is 32.2. The molecule has 2 N–H and O–H groups in total. The molecular formula is C21H22N4O3. The zero-order valence-electron chi connectivity index (χ0n) is 15.6. The number of nitrogens with one attached hydrogen (secondary N) is 2. The Labute approximate surface area is 163 Å². The number of amides is 2. The summed E-state index contributed by atoms with van der Waals surface area (Å²) in [6.45, 7) is 2.58. The molecule has 0 fully saturated rings. The van der Waals surface area contributed by atoms with E-state index in [1.165, 1.54) is 6.20 Å². The summed E-state index contributed by atoms with van der Waals surface area (Å²) in [7, 11) is 0. The maximum Gasteiger partial charge on any atom is 0.252 e. The monoisotopic (exact) mass is 378 g/mol. The zero-order chi connectivity index (χ0) is 19.8. The van der Waals surface area contributed by atoms with Crippen LogP contribution in [-0.4, -0.2) is 34.9 Å². The van der Waals surface area contributed by atoms with Crippen molar-refractivity contribution in [3.8, 4) is 11.3 Å². The van der Waals surface area contributed by atoms with Crippen LogP contribution < -0.4 is 10.6 Å². The van der Waals surface area contributed by atoms with Gasteiger partial charge in [-0.3, -0.25) is 14.6 Å². The van der Waals surface area contributed by atoms with E-state index >= 15 is 0 Å². The largest absolute Gasteiger partial charge is 0.440 e. The molecule has 0 radical (unpaired) electrons. The number of nitrogens with zero attached hydrogens (tertiary/aromatic N) is 2. The topological polar surface area (TPSA) is 97.1 Å². The summed E-state index contributed by atoms with van der Waals surface area (Å²) < 4.78 is 5.80. The van der Waals surface area contributed by atoms with Crippen LogP contribution in [-0.2, 0) is 11.2 Å². The third-order valence-corrected chi connectivity index (χ3v) is 4.10. The number of pyridine rings is 1. The molecule has 0 saturated heterocycles. The molecule has 0 aliphatic rings. The molecule has 28 heavy (non-hydrogen) atoms. The summed E-state index contributed by atoms with van der Waals surface area (Å²) in [6, 6.07) is 13.1. The number of benzene rings is 1. The molecular weight excluding hydrogens is 356 g/mol. The fraction of sp³-hybridized carbons (Fsp3) is 0.238. The summed E-state index contributed by atoms with van der Waals surface area (Å²) >= 11 is 0. The Hall–Kier alpha value is -3.48. The van der Waals surface area contributed by atoms with Crippen LogP contribution in [0.4, 0.5) is 0 Å². The lowest BCUT2D eigenvalue weighted by atomic mass is 10.1. The van der Waals surface area contributed by atoms with Crippen LogP contribution >= 0.6 is 0 Å². The molecule has 0 unspecified atom stereocenters. The molecule has 3 rings (SSSR count). The molecule has 2 aromatic heterocycles. The van der Waals surface area contributed by atoms with Crippen molar-refractivity contribution >= 4 is 11.8 Å². The minimum absolute atomic E-state index is 0.118. The first kappa shape index (κ1) is 19.3. The summed E-state index contributed by atoms with van der Waals surface area (Å²) in [5.41, 5.74) is 2.26. The predicted octanol–water partition coefficient (Wildman–Crippen LogP) is 2.52. The van der Waals surface area contributed by atoms with Crippen LogP contribution in [0.3, 0.4) is 0 Å². The molecule has 2 amide bonds. The third-order valence-electron chi connectivity index (χ3n) is 4.10. The summed E-state index contributed by atoms with van der Waals surface area (Å²) in [5, 5.41) is 5.51. The lowest BCUT2D eigenvalue weighted by Gasteiger charge is -2.06. The maximum absolute atomic E-state index is 12.0. The van der Waals surface area contributed by atoms with Gasteiger partial charge in [-0.1, -0.05) is 30.3 Å². The molecule has 2 heterocycles. The van der Waals surface area contributed by atoms with Gasteiger partial charge in [-0.15, -0.1) is 0 Å². The highest BCUT2D eigenvalue weighted by molar-refractivity contribution is 5.93. The van der Waals surface area contributed by atoms with Gasteiger partial charge >= 0.3 is 0 Å². The highest BCUT2D eigenvalue weighted by Crippen LogP contribution is 2.24. The number of oxazole rings is 1. The van der Waals surface area contributed by atoms with E-state index in [4.69, 9.17) is 4.42 Å². The Balaban J connectivity index is 1.40. The van der Waals surface area contributed by atoms with Gasteiger partial charge in [-0.25, -0.2) is 4.98 Å². The summed E-state index contributed by atoms with van der Waals surface area (Å²) in [6.07, 6.45) is 3.79. The molecule has 3 aromatic rings. The first-order valence-electron chi connectivity index (χ1n) is 9.10. The third kappa shape index (κ3) is 5.26. The van der Waals surface area contributed by atoms with Gasteiger partial charge in [0.05, 0.1) is 11.3 Å². The lowest BCUT2D eigenvalue weighted by Crippen LogP contribution is -2.34. The Morgan fingerprint density at radius 1 is 1.04 bits per heavy atom. The van der Waals surface area contributed by atoms with Crippen LogP contribution in [0, 0.1) is 6.92 Å². The second-order valence-corrected chi connectivity index (χ2v) is 6.24. The minimum Gasteiger partial charge on any atom is -0.440 e. The van der Waals surface area contributed by atoms with Crippen molar-refractivity contribution in [2.24, 2.45) is 0 Å². The van der Waals surface area contributed by atoms with Crippen LogP contribution in [0.5, 0.6) is 0 Å².